The molecule has 59 heavy (non-hydrogen) atoms. The van der Waals surface area contributed by atoms with Gasteiger partial charge in [0, 0.05) is 42.7 Å². The molecule has 12 rings (SSSR count). The largest absolute Gasteiger partial charge is 0.436 e. The molecule has 0 fully saturated rings. The molecule has 0 bridgehead atoms. The van der Waals surface area contributed by atoms with Gasteiger partial charge in [-0.3, -0.25) is 0 Å². The Labute approximate surface area is 341 Å². The quantitative estimate of drug-likeness (QED) is 0.168. The third kappa shape index (κ3) is 5.70. The first kappa shape index (κ1) is 33.9. The van der Waals surface area contributed by atoms with Gasteiger partial charge in [-0.25, -0.2) is 19.9 Å². The summed E-state index contributed by atoms with van der Waals surface area (Å²) in [5, 5.41) is 13.2. The molecule has 2 unspecified atom stereocenters. The van der Waals surface area contributed by atoms with Gasteiger partial charge >= 0.3 is 0 Å². The monoisotopic (exact) mass is 790 g/mol. The minimum atomic E-state index is -0.677. The normalized spacial score (nSPS) is 12.3. The third-order valence-electron chi connectivity index (χ3n) is 11.2. The lowest BCUT2D eigenvalue weighted by atomic mass is 10.1. The first-order valence-corrected chi connectivity index (χ1v) is 22.3. The van der Waals surface area contributed by atoms with Crippen LogP contribution in [0.3, 0.4) is 0 Å². The maximum absolute atomic E-state index is 6.10. The second-order valence-electron chi connectivity index (χ2n) is 14.7. The molecule has 0 saturated carbocycles. The molecule has 276 valence electrons. The fourth-order valence-corrected chi connectivity index (χ4v) is 13.7. The number of nitrogens with zero attached hydrogens (tertiary/aromatic N) is 4. The lowest BCUT2D eigenvalue weighted by Gasteiger charge is -2.10. The van der Waals surface area contributed by atoms with Crippen molar-refractivity contribution < 1.29 is 4.42 Å². The van der Waals surface area contributed by atoms with Crippen molar-refractivity contribution in [2.24, 2.45) is 0 Å². The molecule has 8 aromatic carbocycles. The van der Waals surface area contributed by atoms with Crippen molar-refractivity contribution in [3.63, 3.8) is 0 Å². The highest BCUT2D eigenvalue weighted by Gasteiger charge is 2.19. The van der Waals surface area contributed by atoms with Crippen LogP contribution < -0.4 is 0 Å². The number of benzene rings is 8. The Kier molecular flexibility index (Phi) is 7.91. The number of hydrogen-bond donors (Lipinski definition) is 0. The van der Waals surface area contributed by atoms with Crippen LogP contribution in [-0.2, 0) is 0 Å². The average Bonchev–Trinajstić information content (AvgIpc) is 3.99. The van der Waals surface area contributed by atoms with Gasteiger partial charge in [0.25, 0.3) is 0 Å². The molecular weight excluding hydrogens is 759 g/mol. The van der Waals surface area contributed by atoms with Crippen molar-refractivity contribution in [1.29, 1.82) is 0 Å². The van der Waals surface area contributed by atoms with Crippen LogP contribution >= 0.6 is 15.1 Å². The highest BCUT2D eigenvalue weighted by molar-refractivity contribution is 7.68. The molecular formula is C52H32N4OP2. The van der Waals surface area contributed by atoms with Gasteiger partial charge in [0.2, 0.25) is 5.89 Å². The second-order valence-corrected chi connectivity index (χ2v) is 19.0. The molecule has 4 heterocycles. The van der Waals surface area contributed by atoms with Gasteiger partial charge in [-0.15, -0.1) is 0 Å². The van der Waals surface area contributed by atoms with E-state index in [9.17, 15) is 0 Å². The third-order valence-corrected chi connectivity index (χ3v) is 16.3. The number of aromatic nitrogens is 4. The van der Waals surface area contributed by atoms with Crippen molar-refractivity contribution in [2.45, 2.75) is 0 Å². The van der Waals surface area contributed by atoms with Gasteiger partial charge in [0.1, 0.15) is 5.52 Å². The van der Waals surface area contributed by atoms with Crippen LogP contribution in [0, 0.1) is 0 Å². The Morgan fingerprint density at radius 3 is 1.29 bits per heavy atom. The minimum absolute atomic E-state index is 0.581. The molecule has 2 atom stereocenters. The molecule has 0 saturated heterocycles. The van der Waals surface area contributed by atoms with E-state index in [1.807, 2.05) is 48.5 Å². The van der Waals surface area contributed by atoms with E-state index in [4.69, 9.17) is 24.4 Å². The summed E-state index contributed by atoms with van der Waals surface area (Å²) in [5.74, 6) is 2.46. The van der Waals surface area contributed by atoms with Crippen LogP contribution in [0.15, 0.2) is 199 Å². The number of hydrogen-bond acceptors (Lipinski definition) is 5. The van der Waals surface area contributed by atoms with Crippen LogP contribution in [0.5, 0.6) is 0 Å². The maximum atomic E-state index is 6.10. The predicted molar refractivity (Wildman–Crippen MR) is 247 cm³/mol. The standard InChI is InChI=1S/C52H32N4OP2/c1-3-13-37(14-4-1)58-45-21-11-7-17-39(45)41-31-35(27-29-47(41)58)50-54-49(33-23-25-34(26-24-33)52-53-43-19-9-10-20-44(43)57-52)55-51(56-50)36-28-30-48-42(32-36)40-18-8-12-22-46(40)59(48)38-15-5-2-6-16-38/h1-32H. The number of rotatable bonds is 6. The lowest BCUT2D eigenvalue weighted by Crippen LogP contribution is -2.00. The first-order valence-electron chi connectivity index (χ1n) is 19.6. The summed E-state index contributed by atoms with van der Waals surface area (Å²) in [5.41, 5.74) is 5.28. The summed E-state index contributed by atoms with van der Waals surface area (Å²) >= 11 is 0. The van der Waals surface area contributed by atoms with Gasteiger partial charge in [-0.2, -0.15) is 0 Å². The fraction of sp³-hybridized carbons (Fsp3) is 0. The highest BCUT2D eigenvalue weighted by atomic mass is 31.1. The smallest absolute Gasteiger partial charge is 0.227 e. The zero-order chi connectivity index (χ0) is 38.9. The van der Waals surface area contributed by atoms with Gasteiger partial charge < -0.3 is 4.42 Å². The molecule has 0 radical (unpaired) electrons. The number of para-hydroxylation sites is 2. The zero-order valence-electron chi connectivity index (χ0n) is 31.6. The van der Waals surface area contributed by atoms with Crippen molar-refractivity contribution in [2.75, 3.05) is 0 Å². The maximum Gasteiger partial charge on any atom is 0.227 e. The van der Waals surface area contributed by atoms with Crippen LogP contribution in [0.2, 0.25) is 0 Å². The van der Waals surface area contributed by atoms with Crippen LogP contribution in [-0.4, -0.2) is 19.9 Å². The molecule has 0 aliphatic heterocycles. The lowest BCUT2D eigenvalue weighted by molar-refractivity contribution is 0.620. The molecule has 12 aromatic rings. The fourth-order valence-electron chi connectivity index (χ4n) is 8.46. The summed E-state index contributed by atoms with van der Waals surface area (Å²) in [4.78, 5) is 20.4. The summed E-state index contributed by atoms with van der Waals surface area (Å²) in [7, 11) is -1.35. The van der Waals surface area contributed by atoms with E-state index in [-0.39, 0.29) is 0 Å². The van der Waals surface area contributed by atoms with Crippen LogP contribution in [0.25, 0.3) is 109 Å². The van der Waals surface area contributed by atoms with E-state index in [1.54, 1.807) is 0 Å². The van der Waals surface area contributed by atoms with Crippen LogP contribution in [0.1, 0.15) is 0 Å². The van der Waals surface area contributed by atoms with E-state index in [0.717, 1.165) is 33.4 Å². The number of oxazole rings is 1. The van der Waals surface area contributed by atoms with Gasteiger partial charge in [0.05, 0.1) is 0 Å². The molecule has 0 spiro atoms. The Hall–Kier alpha value is -7.16. The van der Waals surface area contributed by atoms with Gasteiger partial charge in [-0.05, 0) is 80.7 Å². The predicted octanol–water partition coefficient (Wildman–Crippen LogP) is 15.2. The van der Waals surface area contributed by atoms with E-state index >= 15 is 0 Å². The van der Waals surface area contributed by atoms with Crippen LogP contribution in [0.4, 0.5) is 0 Å². The Morgan fingerprint density at radius 1 is 0.322 bits per heavy atom. The summed E-state index contributed by atoms with van der Waals surface area (Å²) in [6.07, 6.45) is 0. The molecule has 0 aliphatic rings. The molecule has 5 nitrogen and oxygen atoms in total. The SMILES string of the molecule is c1ccc(-p2c3ccccc3c3cc(-c4nc(-c5ccc(-c6nc7ccccc7o6)cc5)nc(-c5ccc6c(c5)c5ccccc5p6-c5ccccc5)n4)ccc32)cc1. The summed E-state index contributed by atoms with van der Waals surface area (Å²) < 4.78 is 6.10. The summed E-state index contributed by atoms with van der Waals surface area (Å²) in [6.45, 7) is 0. The van der Waals surface area contributed by atoms with E-state index < -0.39 is 15.1 Å². The van der Waals surface area contributed by atoms with Gasteiger partial charge in [-0.1, -0.05) is 161 Å². The average molecular weight is 791 g/mol. The minimum Gasteiger partial charge on any atom is -0.436 e. The number of fused-ring (bicyclic) bond motifs is 7. The van der Waals surface area contributed by atoms with Crippen molar-refractivity contribution in [1.82, 2.24) is 19.9 Å². The Balaban J connectivity index is 1.04. The van der Waals surface area contributed by atoms with E-state index in [1.165, 1.54) is 52.6 Å². The molecule has 0 N–H and O–H groups in total. The van der Waals surface area contributed by atoms with E-state index in [0.29, 0.717) is 23.4 Å². The molecule has 4 aromatic heterocycles. The topological polar surface area (TPSA) is 64.7 Å². The van der Waals surface area contributed by atoms with Crippen molar-refractivity contribution in [3.8, 4) is 56.2 Å². The van der Waals surface area contributed by atoms with Crippen molar-refractivity contribution in [3.05, 3.63) is 194 Å². The second kappa shape index (κ2) is 13.7. The van der Waals surface area contributed by atoms with Crippen molar-refractivity contribution >= 4 is 68.2 Å². The molecule has 0 aliphatic carbocycles. The first-order chi connectivity index (χ1) is 29.2. The Bertz CT molecular complexity index is 3340. The van der Waals surface area contributed by atoms with Gasteiger partial charge in [0.15, 0.2) is 23.1 Å². The molecule has 7 heteroatoms. The zero-order valence-corrected chi connectivity index (χ0v) is 33.4. The summed E-state index contributed by atoms with van der Waals surface area (Å²) in [6, 6.07) is 68.9. The molecule has 0 amide bonds. The van der Waals surface area contributed by atoms with E-state index in [2.05, 4.69) is 146 Å². The highest BCUT2D eigenvalue weighted by Crippen LogP contribution is 2.56. The Morgan fingerprint density at radius 2 is 0.746 bits per heavy atom.